The first kappa shape index (κ1) is 14.4. The van der Waals surface area contributed by atoms with Gasteiger partial charge in [0.25, 0.3) is 6.47 Å². The van der Waals surface area contributed by atoms with Crippen LogP contribution >= 0.6 is 0 Å². The summed E-state index contributed by atoms with van der Waals surface area (Å²) in [6, 6.07) is 0.632. The van der Waals surface area contributed by atoms with Crippen LogP contribution in [0.3, 0.4) is 0 Å². The Labute approximate surface area is 103 Å². The van der Waals surface area contributed by atoms with Gasteiger partial charge in [-0.25, -0.2) is 0 Å². The van der Waals surface area contributed by atoms with E-state index in [1.807, 2.05) is 0 Å². The Morgan fingerprint density at radius 3 is 2.82 bits per heavy atom. The Bertz CT molecular complexity index is 224. The van der Waals surface area contributed by atoms with Gasteiger partial charge >= 0.3 is 0 Å². The molecule has 1 rings (SSSR count). The van der Waals surface area contributed by atoms with Crippen LogP contribution in [0.1, 0.15) is 26.7 Å². The summed E-state index contributed by atoms with van der Waals surface area (Å²) in [7, 11) is 0. The molecule has 2 unspecified atom stereocenters. The average molecular weight is 244 g/mol. The Balaban J connectivity index is 2.25. The summed E-state index contributed by atoms with van der Waals surface area (Å²) in [5, 5.41) is 13.0. The molecule has 1 heterocycles. The van der Waals surface area contributed by atoms with Crippen LogP contribution in [0.2, 0.25) is 0 Å². The van der Waals surface area contributed by atoms with E-state index in [0.717, 1.165) is 32.5 Å². The van der Waals surface area contributed by atoms with Crippen molar-refractivity contribution < 1.29 is 14.6 Å². The van der Waals surface area contributed by atoms with Gasteiger partial charge in [-0.3, -0.25) is 9.69 Å². The van der Waals surface area contributed by atoms with Gasteiger partial charge in [0, 0.05) is 25.2 Å². The predicted octanol–water partition coefficient (Wildman–Crippen LogP) is -0.0173. The van der Waals surface area contributed by atoms with E-state index < -0.39 is 0 Å². The number of hydrogen-bond acceptors (Lipinski definition) is 5. The molecule has 0 aliphatic carbocycles. The first-order valence-electron chi connectivity index (χ1n) is 6.36. The van der Waals surface area contributed by atoms with Crippen molar-refractivity contribution in [2.24, 2.45) is 0 Å². The van der Waals surface area contributed by atoms with E-state index in [1.54, 1.807) is 0 Å². The van der Waals surface area contributed by atoms with Crippen molar-refractivity contribution in [3.63, 3.8) is 0 Å². The first-order chi connectivity index (χ1) is 8.15. The minimum atomic E-state index is -0.213. The van der Waals surface area contributed by atoms with Crippen molar-refractivity contribution in [2.75, 3.05) is 26.2 Å². The molecular formula is C12H24N2O3. The van der Waals surface area contributed by atoms with Crippen molar-refractivity contribution in [1.29, 1.82) is 0 Å². The van der Waals surface area contributed by atoms with Crippen LogP contribution in [0.25, 0.3) is 0 Å². The smallest absolute Gasteiger partial charge is 0.293 e. The molecule has 1 saturated heterocycles. The summed E-state index contributed by atoms with van der Waals surface area (Å²) in [5.41, 5.74) is 0. The number of aliphatic hydroxyl groups is 1. The molecule has 2 atom stereocenters. The molecule has 0 aromatic rings. The lowest BCUT2D eigenvalue weighted by molar-refractivity contribution is -0.129. The van der Waals surface area contributed by atoms with Crippen LogP contribution in [-0.4, -0.2) is 60.9 Å². The standard InChI is InChI=1S/C12H24N2O3/c1-10(2)14(7-8-17-9-15)6-4-11-12(16)3-5-13-11/h9-13,16H,3-8H2,1-2H3. The Hall–Kier alpha value is -0.650. The van der Waals surface area contributed by atoms with E-state index >= 15 is 0 Å². The molecule has 100 valence electrons. The highest BCUT2D eigenvalue weighted by atomic mass is 16.5. The van der Waals surface area contributed by atoms with Crippen molar-refractivity contribution in [1.82, 2.24) is 10.2 Å². The van der Waals surface area contributed by atoms with Crippen LogP contribution in [0, 0.1) is 0 Å². The molecule has 1 fully saturated rings. The number of nitrogens with zero attached hydrogens (tertiary/aromatic N) is 1. The number of carbonyl (C=O) groups is 1. The van der Waals surface area contributed by atoms with Crippen LogP contribution in [-0.2, 0) is 9.53 Å². The molecule has 0 radical (unpaired) electrons. The third kappa shape index (κ3) is 5.02. The molecule has 0 bridgehead atoms. The fourth-order valence-electron chi connectivity index (χ4n) is 2.20. The van der Waals surface area contributed by atoms with Crippen LogP contribution in [0.4, 0.5) is 0 Å². The van der Waals surface area contributed by atoms with Gasteiger partial charge in [0.15, 0.2) is 0 Å². The minimum absolute atomic E-state index is 0.211. The van der Waals surface area contributed by atoms with Gasteiger partial charge in [-0.2, -0.15) is 0 Å². The van der Waals surface area contributed by atoms with Crippen LogP contribution in [0.5, 0.6) is 0 Å². The van der Waals surface area contributed by atoms with E-state index in [2.05, 4.69) is 24.1 Å². The average Bonchev–Trinajstić information content (AvgIpc) is 2.69. The van der Waals surface area contributed by atoms with Crippen molar-refractivity contribution in [3.8, 4) is 0 Å². The maximum atomic E-state index is 10.1. The zero-order valence-electron chi connectivity index (χ0n) is 10.8. The lowest BCUT2D eigenvalue weighted by Crippen LogP contribution is -2.39. The van der Waals surface area contributed by atoms with E-state index in [4.69, 9.17) is 4.74 Å². The van der Waals surface area contributed by atoms with Gasteiger partial charge in [-0.1, -0.05) is 0 Å². The number of carbonyl (C=O) groups excluding carboxylic acids is 1. The SMILES string of the molecule is CC(C)N(CCOC=O)CCC1NCCC1O. The highest BCUT2D eigenvalue weighted by Gasteiger charge is 2.25. The highest BCUT2D eigenvalue weighted by molar-refractivity contribution is 5.36. The third-order valence-corrected chi connectivity index (χ3v) is 3.33. The lowest BCUT2D eigenvalue weighted by Gasteiger charge is -2.27. The van der Waals surface area contributed by atoms with E-state index in [9.17, 15) is 9.90 Å². The Morgan fingerprint density at radius 1 is 1.53 bits per heavy atom. The number of nitrogens with one attached hydrogen (secondary N) is 1. The van der Waals surface area contributed by atoms with E-state index in [-0.39, 0.29) is 12.1 Å². The summed E-state index contributed by atoms with van der Waals surface area (Å²) in [6.45, 7) is 7.73. The summed E-state index contributed by atoms with van der Waals surface area (Å²) in [5.74, 6) is 0. The van der Waals surface area contributed by atoms with E-state index in [1.165, 1.54) is 0 Å². The van der Waals surface area contributed by atoms with Gasteiger partial charge < -0.3 is 15.2 Å². The summed E-state index contributed by atoms with van der Waals surface area (Å²) in [4.78, 5) is 12.3. The molecule has 0 aromatic carbocycles. The Morgan fingerprint density at radius 2 is 2.29 bits per heavy atom. The normalized spacial score (nSPS) is 24.5. The van der Waals surface area contributed by atoms with Gasteiger partial charge in [0.1, 0.15) is 6.61 Å². The monoisotopic (exact) mass is 244 g/mol. The fraction of sp³-hybridized carbons (Fsp3) is 0.917. The van der Waals surface area contributed by atoms with Crippen molar-refractivity contribution in [3.05, 3.63) is 0 Å². The summed E-state index contributed by atoms with van der Waals surface area (Å²) in [6.07, 6.45) is 1.57. The van der Waals surface area contributed by atoms with Crippen LogP contribution in [0.15, 0.2) is 0 Å². The van der Waals surface area contributed by atoms with Gasteiger partial charge in [-0.15, -0.1) is 0 Å². The molecule has 5 nitrogen and oxygen atoms in total. The molecule has 2 N–H and O–H groups in total. The summed E-state index contributed by atoms with van der Waals surface area (Å²) >= 11 is 0. The zero-order valence-corrected chi connectivity index (χ0v) is 10.8. The zero-order chi connectivity index (χ0) is 12.7. The largest absolute Gasteiger partial charge is 0.467 e. The van der Waals surface area contributed by atoms with Crippen molar-refractivity contribution >= 4 is 6.47 Å². The van der Waals surface area contributed by atoms with Gasteiger partial charge in [0.05, 0.1) is 6.10 Å². The molecule has 5 heteroatoms. The molecule has 0 amide bonds. The topological polar surface area (TPSA) is 61.8 Å². The second-order valence-corrected chi connectivity index (χ2v) is 4.80. The first-order valence-corrected chi connectivity index (χ1v) is 6.36. The van der Waals surface area contributed by atoms with Crippen LogP contribution < -0.4 is 5.32 Å². The maximum absolute atomic E-state index is 10.1. The molecule has 0 saturated carbocycles. The Kier molecular flexibility index (Phi) is 6.47. The molecule has 0 aromatic heterocycles. The van der Waals surface area contributed by atoms with Crippen molar-refractivity contribution in [2.45, 2.75) is 44.9 Å². The maximum Gasteiger partial charge on any atom is 0.293 e. The lowest BCUT2D eigenvalue weighted by atomic mass is 10.1. The molecule has 0 spiro atoms. The molecular weight excluding hydrogens is 220 g/mol. The number of aliphatic hydroxyl groups excluding tert-OH is 1. The van der Waals surface area contributed by atoms with Gasteiger partial charge in [0.2, 0.25) is 0 Å². The van der Waals surface area contributed by atoms with E-state index in [0.29, 0.717) is 19.1 Å². The summed E-state index contributed by atoms with van der Waals surface area (Å²) < 4.78 is 4.72. The number of ether oxygens (including phenoxy) is 1. The number of hydrogen-bond donors (Lipinski definition) is 2. The fourth-order valence-corrected chi connectivity index (χ4v) is 2.20. The second kappa shape index (κ2) is 7.63. The van der Waals surface area contributed by atoms with Gasteiger partial charge in [-0.05, 0) is 33.2 Å². The minimum Gasteiger partial charge on any atom is -0.467 e. The quantitative estimate of drug-likeness (QED) is 0.464. The number of rotatable bonds is 8. The molecule has 1 aliphatic rings. The highest BCUT2D eigenvalue weighted by Crippen LogP contribution is 2.11. The third-order valence-electron chi connectivity index (χ3n) is 3.33. The molecule has 1 aliphatic heterocycles. The predicted molar refractivity (Wildman–Crippen MR) is 65.8 cm³/mol. The molecule has 17 heavy (non-hydrogen) atoms. The second-order valence-electron chi connectivity index (χ2n) is 4.80.